The average molecular weight is 686 g/mol. The third-order valence-electron chi connectivity index (χ3n) is 8.45. The van der Waals surface area contributed by atoms with Gasteiger partial charge in [0.25, 0.3) is 0 Å². The molecule has 6 aromatic carbocycles. The summed E-state index contributed by atoms with van der Waals surface area (Å²) in [6, 6.07) is 38.0. The van der Waals surface area contributed by atoms with Gasteiger partial charge in [-0.15, -0.1) is 69.1 Å². The van der Waals surface area contributed by atoms with Crippen molar-refractivity contribution in [1.82, 2.24) is 0 Å². The van der Waals surface area contributed by atoms with Gasteiger partial charge >= 0.3 is 26.2 Å². The van der Waals surface area contributed by atoms with E-state index in [9.17, 15) is 0 Å². The summed E-state index contributed by atoms with van der Waals surface area (Å²) in [7, 11) is 1.08. The first-order valence-electron chi connectivity index (χ1n) is 15.9. The van der Waals surface area contributed by atoms with E-state index in [0.717, 1.165) is 9.52 Å². The Hall–Kier alpha value is -2.80. The summed E-state index contributed by atoms with van der Waals surface area (Å²) in [6.45, 7) is 24.4. The molecule has 0 bridgehead atoms. The summed E-state index contributed by atoms with van der Waals surface area (Å²) >= 11 is 0. The van der Waals surface area contributed by atoms with Crippen LogP contribution in [-0.2, 0) is 37.0 Å². The van der Waals surface area contributed by atoms with Gasteiger partial charge in [0, 0.05) is 9.52 Å². The van der Waals surface area contributed by atoms with Crippen LogP contribution >= 0.6 is 0 Å². The van der Waals surface area contributed by atoms with Crippen molar-refractivity contribution in [1.29, 1.82) is 0 Å². The zero-order valence-corrected chi connectivity index (χ0v) is 32.8. The van der Waals surface area contributed by atoms with Crippen molar-refractivity contribution < 1.29 is 26.2 Å². The van der Waals surface area contributed by atoms with Gasteiger partial charge in [-0.05, 0) is 33.1 Å². The molecular weight excluding hydrogens is 636 g/mol. The van der Waals surface area contributed by atoms with Crippen LogP contribution in [0.2, 0.25) is 13.1 Å². The second-order valence-corrected chi connectivity index (χ2v) is 15.2. The number of fused-ring (bicyclic) bond motifs is 2. The van der Waals surface area contributed by atoms with E-state index in [1.165, 1.54) is 71.6 Å². The van der Waals surface area contributed by atoms with Gasteiger partial charge in [0.2, 0.25) is 0 Å². The summed E-state index contributed by atoms with van der Waals surface area (Å²) < 4.78 is 0. The molecule has 45 heavy (non-hydrogen) atoms. The van der Waals surface area contributed by atoms with E-state index >= 15 is 0 Å². The van der Waals surface area contributed by atoms with Gasteiger partial charge < -0.3 is 0 Å². The Morgan fingerprint density at radius 3 is 1.49 bits per heavy atom. The number of rotatable bonds is 2. The quantitative estimate of drug-likeness (QED) is 0.126. The molecule has 0 aliphatic heterocycles. The Bertz CT molecular complexity index is 1810. The van der Waals surface area contributed by atoms with E-state index in [-0.39, 0.29) is 37.0 Å². The molecule has 0 saturated heterocycles. The first-order chi connectivity index (χ1) is 20.7. The standard InChI is InChI=1S/C21H23.C20H21.C2H6Si.Zr/c1-14-13-17-7-6-8-19(20(17)15(14)2)16-9-11-18(12-10-16)21(3,4)5;1-14-12-16-6-5-7-18(19(16)13-14)15-8-10-17(11-9-15)20(2,3)4;1-3-2;/h6-13H,1-5H3;5-13H,1-4H3;1-2H3;/q2*-1;;+2. The topological polar surface area (TPSA) is 0 Å². The molecule has 0 saturated carbocycles. The maximum Gasteiger partial charge on any atom is 2.00 e. The fourth-order valence-electron chi connectivity index (χ4n) is 5.82. The van der Waals surface area contributed by atoms with Crippen LogP contribution < -0.4 is 0 Å². The Morgan fingerprint density at radius 1 is 0.556 bits per heavy atom. The van der Waals surface area contributed by atoms with Crippen molar-refractivity contribution in [3.05, 3.63) is 131 Å². The van der Waals surface area contributed by atoms with Crippen LogP contribution in [0, 0.1) is 20.8 Å². The smallest absolute Gasteiger partial charge is 0.165 e. The molecule has 0 aliphatic carbocycles. The van der Waals surface area contributed by atoms with Crippen LogP contribution in [0.15, 0.2) is 103 Å². The largest absolute Gasteiger partial charge is 2.00 e. The van der Waals surface area contributed by atoms with Gasteiger partial charge in [0.1, 0.15) is 0 Å². The Balaban J connectivity index is 0.000000222. The molecule has 0 spiro atoms. The first-order valence-corrected chi connectivity index (χ1v) is 17.9. The predicted molar refractivity (Wildman–Crippen MR) is 199 cm³/mol. The van der Waals surface area contributed by atoms with Crippen molar-refractivity contribution in [2.75, 3.05) is 0 Å². The van der Waals surface area contributed by atoms with Gasteiger partial charge in [-0.1, -0.05) is 147 Å². The van der Waals surface area contributed by atoms with Gasteiger partial charge in [0.05, 0.1) is 0 Å². The second kappa shape index (κ2) is 15.2. The van der Waals surface area contributed by atoms with Crippen molar-refractivity contribution in [2.45, 2.75) is 86.2 Å². The molecule has 0 N–H and O–H groups in total. The first kappa shape index (κ1) is 36.7. The number of benzene rings is 4. The molecule has 0 amide bonds. The Morgan fingerprint density at radius 2 is 1.00 bits per heavy atom. The number of hydrogen-bond acceptors (Lipinski definition) is 0. The summed E-state index contributed by atoms with van der Waals surface area (Å²) in [5, 5.41) is 5.44. The zero-order valence-electron chi connectivity index (χ0n) is 29.3. The molecule has 0 unspecified atom stereocenters. The van der Waals surface area contributed by atoms with Crippen LogP contribution in [0.1, 0.15) is 69.4 Å². The fraction of sp³-hybridized carbons (Fsp3) is 0.302. The van der Waals surface area contributed by atoms with Crippen LogP contribution in [0.4, 0.5) is 0 Å². The summed E-state index contributed by atoms with van der Waals surface area (Å²) in [6.07, 6.45) is 0. The molecule has 0 aliphatic rings. The number of hydrogen-bond donors (Lipinski definition) is 0. The Labute approximate surface area is 295 Å². The molecule has 0 heterocycles. The van der Waals surface area contributed by atoms with Gasteiger partial charge in [-0.25, -0.2) is 0 Å². The molecule has 0 aromatic heterocycles. The summed E-state index contributed by atoms with van der Waals surface area (Å²) in [5.41, 5.74) is 12.6. The molecular formula is C43H50SiZr. The minimum absolute atomic E-state index is 0. The molecule has 0 fully saturated rings. The molecule has 230 valence electrons. The van der Waals surface area contributed by atoms with Crippen LogP contribution in [0.5, 0.6) is 0 Å². The van der Waals surface area contributed by atoms with Crippen molar-refractivity contribution in [3.8, 4) is 22.3 Å². The van der Waals surface area contributed by atoms with E-state index < -0.39 is 0 Å². The van der Waals surface area contributed by atoms with Gasteiger partial charge in [0.15, 0.2) is 0 Å². The van der Waals surface area contributed by atoms with Crippen LogP contribution in [0.3, 0.4) is 0 Å². The molecule has 6 rings (SSSR count). The van der Waals surface area contributed by atoms with E-state index in [1.54, 1.807) is 0 Å². The monoisotopic (exact) mass is 684 g/mol. The normalized spacial score (nSPS) is 11.4. The van der Waals surface area contributed by atoms with E-state index in [1.807, 2.05) is 0 Å². The van der Waals surface area contributed by atoms with Crippen molar-refractivity contribution in [2.24, 2.45) is 0 Å². The van der Waals surface area contributed by atoms with E-state index in [0.29, 0.717) is 0 Å². The van der Waals surface area contributed by atoms with Gasteiger partial charge in [-0.3, -0.25) is 0 Å². The maximum atomic E-state index is 2.29. The van der Waals surface area contributed by atoms with Crippen molar-refractivity contribution >= 4 is 31.1 Å². The molecule has 2 radical (unpaired) electrons. The predicted octanol–water partition coefficient (Wildman–Crippen LogP) is 12.8. The minimum atomic E-state index is 0. The molecule has 2 heteroatoms. The fourth-order valence-corrected chi connectivity index (χ4v) is 5.82. The third-order valence-corrected chi connectivity index (χ3v) is 8.45. The second-order valence-electron chi connectivity index (χ2n) is 14.2. The van der Waals surface area contributed by atoms with Gasteiger partial charge in [-0.2, -0.15) is 11.6 Å². The molecule has 0 atom stereocenters. The maximum absolute atomic E-state index is 2.29. The SMILES string of the molecule is C[Si]C.Cc1[cH-]c2cccc(-c3ccc(C(C)(C)C)cc3)c2c1C.Cc1cc2c(-c3ccc(C(C)(C)C)cc3)cccc2[cH-]1.[Zr+2]. The molecule has 6 aromatic rings. The minimum Gasteiger partial charge on any atom is -0.165 e. The van der Waals surface area contributed by atoms with Crippen LogP contribution in [-0.4, -0.2) is 9.52 Å². The average Bonchev–Trinajstić information content (AvgIpc) is 3.50. The third kappa shape index (κ3) is 8.72. The van der Waals surface area contributed by atoms with Crippen molar-refractivity contribution in [3.63, 3.8) is 0 Å². The molecule has 0 nitrogen and oxygen atoms in total. The van der Waals surface area contributed by atoms with E-state index in [2.05, 4.69) is 179 Å². The van der Waals surface area contributed by atoms with Crippen LogP contribution in [0.25, 0.3) is 43.8 Å². The Kier molecular flexibility index (Phi) is 12.4. The van der Waals surface area contributed by atoms with E-state index in [4.69, 9.17) is 0 Å². The zero-order chi connectivity index (χ0) is 32.2. The summed E-state index contributed by atoms with van der Waals surface area (Å²) in [4.78, 5) is 0. The number of aryl methyl sites for hydroxylation is 3. The summed E-state index contributed by atoms with van der Waals surface area (Å²) in [5.74, 6) is 0.